The van der Waals surface area contributed by atoms with Crippen LogP contribution in [0.5, 0.6) is 0 Å². The molecule has 23 heavy (non-hydrogen) atoms. The van der Waals surface area contributed by atoms with Crippen molar-refractivity contribution in [3.63, 3.8) is 0 Å². The number of carbonyl (C=O) groups excluding carboxylic acids is 1. The zero-order chi connectivity index (χ0) is 17.0. The predicted molar refractivity (Wildman–Crippen MR) is 92.5 cm³/mol. The normalized spacial score (nSPS) is 20.7. The number of likely N-dealkylation sites (N-methyl/N-ethyl adjacent to an activating group) is 1. The highest BCUT2D eigenvalue weighted by atomic mass is 32.2. The van der Waals surface area contributed by atoms with E-state index in [0.29, 0.717) is 13.0 Å². The number of carbonyl (C=O) groups is 1. The highest BCUT2D eigenvalue weighted by Crippen LogP contribution is 2.17. The first-order valence-electron chi connectivity index (χ1n) is 7.79. The molecule has 1 aromatic carbocycles. The first-order chi connectivity index (χ1) is 10.8. The minimum Gasteiger partial charge on any atom is -0.370 e. The third kappa shape index (κ3) is 4.60. The van der Waals surface area contributed by atoms with Crippen LogP contribution < -0.4 is 10.2 Å². The van der Waals surface area contributed by atoms with Crippen LogP contribution in [0.4, 0.5) is 10.5 Å². The van der Waals surface area contributed by atoms with Gasteiger partial charge in [0.25, 0.3) is 0 Å². The molecular weight excluding hydrogens is 314 g/mol. The number of nitrogens with one attached hydrogen (secondary N) is 1. The van der Waals surface area contributed by atoms with Crippen LogP contribution in [-0.2, 0) is 9.84 Å². The maximum absolute atomic E-state index is 12.2. The Hall–Kier alpha value is -1.76. The van der Waals surface area contributed by atoms with Gasteiger partial charge < -0.3 is 15.1 Å². The van der Waals surface area contributed by atoms with Crippen LogP contribution in [0.25, 0.3) is 0 Å². The molecule has 1 saturated heterocycles. The van der Waals surface area contributed by atoms with Crippen LogP contribution in [0, 0.1) is 0 Å². The van der Waals surface area contributed by atoms with Gasteiger partial charge in [-0.2, -0.15) is 0 Å². The molecule has 1 aliphatic rings. The zero-order valence-corrected chi connectivity index (χ0v) is 14.7. The molecule has 1 aromatic rings. The predicted octanol–water partition coefficient (Wildman–Crippen LogP) is 1.34. The monoisotopic (exact) mass is 339 g/mol. The molecule has 1 fully saturated rings. The quantitative estimate of drug-likeness (QED) is 0.879. The molecule has 0 bridgehead atoms. The van der Waals surface area contributed by atoms with Crippen molar-refractivity contribution in [1.29, 1.82) is 0 Å². The Balaban J connectivity index is 1.84. The van der Waals surface area contributed by atoms with Crippen LogP contribution in [0.2, 0.25) is 0 Å². The summed E-state index contributed by atoms with van der Waals surface area (Å²) in [6, 6.07) is 9.65. The van der Waals surface area contributed by atoms with Gasteiger partial charge in [0.2, 0.25) is 0 Å². The molecule has 0 unspecified atom stereocenters. The van der Waals surface area contributed by atoms with Crippen molar-refractivity contribution in [2.75, 3.05) is 37.0 Å². The first-order valence-corrected chi connectivity index (χ1v) is 9.61. The molecule has 128 valence electrons. The molecule has 0 radical (unpaired) electrons. The molecular formula is C16H25N3O3S. The van der Waals surface area contributed by atoms with Crippen molar-refractivity contribution in [1.82, 2.24) is 10.2 Å². The number of hydrogen-bond donors (Lipinski definition) is 1. The number of nitrogens with zero attached hydrogens (tertiary/aromatic N) is 2. The largest absolute Gasteiger partial charge is 0.370 e. The van der Waals surface area contributed by atoms with E-state index in [9.17, 15) is 13.2 Å². The lowest BCUT2D eigenvalue weighted by atomic mass is 10.2. The SMILES string of the molecule is C[C@@H](CNC(=O)N(C)[C@@H]1CCS(=O)(=O)C1)N(C)c1ccccc1. The van der Waals surface area contributed by atoms with Gasteiger partial charge >= 0.3 is 6.03 Å². The second-order valence-electron chi connectivity index (χ2n) is 6.15. The average Bonchev–Trinajstić information content (AvgIpc) is 2.91. The fraction of sp³-hybridized carbons (Fsp3) is 0.562. The zero-order valence-electron chi connectivity index (χ0n) is 13.9. The molecule has 1 aliphatic heterocycles. The summed E-state index contributed by atoms with van der Waals surface area (Å²) >= 11 is 0. The number of rotatable bonds is 5. The van der Waals surface area contributed by atoms with Crippen molar-refractivity contribution in [2.45, 2.75) is 25.4 Å². The number of para-hydroxylation sites is 1. The van der Waals surface area contributed by atoms with Gasteiger partial charge in [0, 0.05) is 38.4 Å². The van der Waals surface area contributed by atoms with E-state index in [2.05, 4.69) is 10.2 Å². The molecule has 1 heterocycles. The molecule has 2 rings (SSSR count). The third-order valence-corrected chi connectivity index (χ3v) is 6.20. The number of urea groups is 1. The maximum Gasteiger partial charge on any atom is 0.317 e. The number of anilines is 1. The molecule has 6 nitrogen and oxygen atoms in total. The number of benzene rings is 1. The average molecular weight is 339 g/mol. The molecule has 2 atom stereocenters. The minimum absolute atomic E-state index is 0.0659. The van der Waals surface area contributed by atoms with Gasteiger partial charge in [0.15, 0.2) is 9.84 Å². The van der Waals surface area contributed by atoms with E-state index >= 15 is 0 Å². The number of sulfone groups is 1. The highest BCUT2D eigenvalue weighted by Gasteiger charge is 2.32. The third-order valence-electron chi connectivity index (χ3n) is 4.45. The first kappa shape index (κ1) is 17.6. The van der Waals surface area contributed by atoms with E-state index in [1.165, 1.54) is 4.90 Å². The Kier molecular flexibility index (Phi) is 5.51. The van der Waals surface area contributed by atoms with Crippen molar-refractivity contribution < 1.29 is 13.2 Å². The van der Waals surface area contributed by atoms with E-state index in [-0.39, 0.29) is 29.6 Å². The van der Waals surface area contributed by atoms with Crippen LogP contribution in [0.3, 0.4) is 0 Å². The van der Waals surface area contributed by atoms with Gasteiger partial charge in [-0.15, -0.1) is 0 Å². The molecule has 0 aliphatic carbocycles. The Morgan fingerprint density at radius 1 is 1.30 bits per heavy atom. The summed E-state index contributed by atoms with van der Waals surface area (Å²) in [5.41, 5.74) is 1.09. The number of amides is 2. The molecule has 0 saturated carbocycles. The Morgan fingerprint density at radius 3 is 2.52 bits per heavy atom. The van der Waals surface area contributed by atoms with E-state index in [1.54, 1.807) is 7.05 Å². The van der Waals surface area contributed by atoms with Crippen LogP contribution in [0.1, 0.15) is 13.3 Å². The standard InChI is InChI=1S/C16H25N3O3S/c1-13(18(2)14-7-5-4-6-8-14)11-17-16(20)19(3)15-9-10-23(21,22)12-15/h4-8,13,15H,9-12H2,1-3H3,(H,17,20)/t13-,15+/m0/s1. The maximum atomic E-state index is 12.2. The Labute approximate surface area is 138 Å². The minimum atomic E-state index is -2.98. The van der Waals surface area contributed by atoms with Gasteiger partial charge in [-0.05, 0) is 25.5 Å². The van der Waals surface area contributed by atoms with Crippen molar-refractivity contribution in [3.05, 3.63) is 30.3 Å². The fourth-order valence-corrected chi connectivity index (χ4v) is 4.44. The second kappa shape index (κ2) is 7.21. The molecule has 1 N–H and O–H groups in total. The van der Waals surface area contributed by atoms with Gasteiger partial charge in [-0.1, -0.05) is 18.2 Å². The lowest BCUT2D eigenvalue weighted by Crippen LogP contribution is -2.48. The topological polar surface area (TPSA) is 69.7 Å². The van der Waals surface area contributed by atoms with E-state index in [0.717, 1.165) is 5.69 Å². The van der Waals surface area contributed by atoms with E-state index in [4.69, 9.17) is 0 Å². The number of hydrogen-bond acceptors (Lipinski definition) is 4. The van der Waals surface area contributed by atoms with E-state index < -0.39 is 9.84 Å². The van der Waals surface area contributed by atoms with Gasteiger partial charge in [-0.25, -0.2) is 13.2 Å². The summed E-state index contributed by atoms with van der Waals surface area (Å²) in [5, 5.41) is 2.89. The van der Waals surface area contributed by atoms with Crippen molar-refractivity contribution >= 4 is 21.6 Å². The molecule has 0 spiro atoms. The molecule has 0 aromatic heterocycles. The van der Waals surface area contributed by atoms with Gasteiger partial charge in [0.1, 0.15) is 0 Å². The van der Waals surface area contributed by atoms with Crippen molar-refractivity contribution in [2.24, 2.45) is 0 Å². The summed E-state index contributed by atoms with van der Waals surface area (Å²) in [5.74, 6) is 0.235. The Morgan fingerprint density at radius 2 is 1.96 bits per heavy atom. The van der Waals surface area contributed by atoms with Crippen LogP contribution in [-0.4, -0.2) is 63.6 Å². The second-order valence-corrected chi connectivity index (χ2v) is 8.38. The summed E-state index contributed by atoms with van der Waals surface area (Å²) < 4.78 is 23.0. The lowest BCUT2D eigenvalue weighted by molar-refractivity contribution is 0.194. The van der Waals surface area contributed by atoms with Crippen LogP contribution >= 0.6 is 0 Å². The molecule has 2 amide bonds. The van der Waals surface area contributed by atoms with Crippen molar-refractivity contribution in [3.8, 4) is 0 Å². The smallest absolute Gasteiger partial charge is 0.317 e. The summed E-state index contributed by atoms with van der Waals surface area (Å²) in [6.07, 6.45) is 0.520. The summed E-state index contributed by atoms with van der Waals surface area (Å²) in [7, 11) is 0.660. The van der Waals surface area contributed by atoms with E-state index in [1.807, 2.05) is 44.3 Å². The van der Waals surface area contributed by atoms with Crippen LogP contribution in [0.15, 0.2) is 30.3 Å². The lowest BCUT2D eigenvalue weighted by Gasteiger charge is -2.29. The summed E-state index contributed by atoms with van der Waals surface area (Å²) in [4.78, 5) is 15.8. The fourth-order valence-electron chi connectivity index (χ4n) is 2.66. The highest BCUT2D eigenvalue weighted by molar-refractivity contribution is 7.91. The Bertz CT molecular complexity index is 633. The molecule has 7 heteroatoms. The van der Waals surface area contributed by atoms with Gasteiger partial charge in [0.05, 0.1) is 11.5 Å². The summed E-state index contributed by atoms with van der Waals surface area (Å²) in [6.45, 7) is 2.53. The van der Waals surface area contributed by atoms with Gasteiger partial charge in [-0.3, -0.25) is 0 Å².